The zero-order valence-corrected chi connectivity index (χ0v) is 11.8. The highest BCUT2D eigenvalue weighted by Gasteiger charge is 2.35. The van der Waals surface area contributed by atoms with E-state index in [1.54, 1.807) is 0 Å². The molecule has 0 aromatic heterocycles. The molecule has 0 atom stereocenters. The molecule has 17 heavy (non-hydrogen) atoms. The summed E-state index contributed by atoms with van der Waals surface area (Å²) in [6, 6.07) is 0. The van der Waals surface area contributed by atoms with Crippen LogP contribution in [-0.4, -0.2) is 36.6 Å². The standard InChI is InChI=1S/C15H30N2/c1-3-15(4-2)13-16-10-12-17(15)11-9-14-7-5-6-8-14/h14,16H,3-13H2,1-2H3. The maximum Gasteiger partial charge on any atom is 0.0329 e. The molecular weight excluding hydrogens is 208 g/mol. The first-order valence-electron chi connectivity index (χ1n) is 7.76. The van der Waals surface area contributed by atoms with Crippen molar-refractivity contribution in [3.8, 4) is 0 Å². The Morgan fingerprint density at radius 3 is 2.53 bits per heavy atom. The lowest BCUT2D eigenvalue weighted by atomic mass is 9.88. The van der Waals surface area contributed by atoms with Gasteiger partial charge in [0.05, 0.1) is 0 Å². The van der Waals surface area contributed by atoms with Crippen LogP contribution in [0.15, 0.2) is 0 Å². The molecule has 2 heteroatoms. The van der Waals surface area contributed by atoms with Gasteiger partial charge in [0.15, 0.2) is 0 Å². The van der Waals surface area contributed by atoms with E-state index in [1.807, 2.05) is 0 Å². The highest BCUT2D eigenvalue weighted by Crippen LogP contribution is 2.30. The smallest absolute Gasteiger partial charge is 0.0329 e. The van der Waals surface area contributed by atoms with E-state index in [0.29, 0.717) is 5.54 Å². The molecule has 1 heterocycles. The molecule has 1 aliphatic carbocycles. The largest absolute Gasteiger partial charge is 0.314 e. The van der Waals surface area contributed by atoms with E-state index in [1.165, 1.54) is 71.1 Å². The highest BCUT2D eigenvalue weighted by molar-refractivity contribution is 4.94. The second-order valence-electron chi connectivity index (χ2n) is 6.03. The Balaban J connectivity index is 1.87. The van der Waals surface area contributed by atoms with Gasteiger partial charge in [-0.1, -0.05) is 39.5 Å². The maximum atomic E-state index is 3.59. The van der Waals surface area contributed by atoms with Crippen molar-refractivity contribution in [2.24, 2.45) is 5.92 Å². The molecule has 0 radical (unpaired) electrons. The Kier molecular flexibility index (Phi) is 4.87. The van der Waals surface area contributed by atoms with Crippen LogP contribution in [0, 0.1) is 5.92 Å². The fraction of sp³-hybridized carbons (Fsp3) is 1.00. The van der Waals surface area contributed by atoms with Crippen LogP contribution >= 0.6 is 0 Å². The Morgan fingerprint density at radius 1 is 1.18 bits per heavy atom. The monoisotopic (exact) mass is 238 g/mol. The normalized spacial score (nSPS) is 26.5. The fourth-order valence-electron chi connectivity index (χ4n) is 3.82. The summed E-state index contributed by atoms with van der Waals surface area (Å²) in [7, 11) is 0. The Bertz CT molecular complexity index is 217. The summed E-state index contributed by atoms with van der Waals surface area (Å²) in [4.78, 5) is 2.79. The van der Waals surface area contributed by atoms with Gasteiger partial charge in [0.2, 0.25) is 0 Å². The predicted molar refractivity (Wildman–Crippen MR) is 74.3 cm³/mol. The van der Waals surface area contributed by atoms with E-state index in [9.17, 15) is 0 Å². The van der Waals surface area contributed by atoms with E-state index in [4.69, 9.17) is 0 Å². The van der Waals surface area contributed by atoms with Gasteiger partial charge in [0.1, 0.15) is 0 Å². The molecule has 2 fully saturated rings. The SMILES string of the molecule is CCC1(CC)CNCCN1CCC1CCCC1. The van der Waals surface area contributed by atoms with E-state index >= 15 is 0 Å². The highest BCUT2D eigenvalue weighted by atomic mass is 15.3. The molecule has 2 nitrogen and oxygen atoms in total. The van der Waals surface area contributed by atoms with E-state index < -0.39 is 0 Å². The predicted octanol–water partition coefficient (Wildman–Crippen LogP) is 3.03. The zero-order valence-electron chi connectivity index (χ0n) is 11.8. The molecule has 0 amide bonds. The molecule has 0 unspecified atom stereocenters. The van der Waals surface area contributed by atoms with Gasteiger partial charge in [-0.25, -0.2) is 0 Å². The summed E-state index contributed by atoms with van der Waals surface area (Å²) in [6.07, 6.45) is 10.00. The number of nitrogens with one attached hydrogen (secondary N) is 1. The summed E-state index contributed by atoms with van der Waals surface area (Å²) in [5.74, 6) is 1.04. The third-order valence-corrected chi connectivity index (χ3v) is 5.28. The lowest BCUT2D eigenvalue weighted by Gasteiger charge is -2.47. The summed E-state index contributed by atoms with van der Waals surface area (Å²) < 4.78 is 0. The zero-order chi connectivity index (χ0) is 12.1. The van der Waals surface area contributed by atoms with Crippen molar-refractivity contribution in [2.75, 3.05) is 26.2 Å². The van der Waals surface area contributed by atoms with Crippen molar-refractivity contribution in [3.05, 3.63) is 0 Å². The topological polar surface area (TPSA) is 15.3 Å². The number of nitrogens with zero attached hydrogens (tertiary/aromatic N) is 1. The molecule has 0 aromatic carbocycles. The van der Waals surface area contributed by atoms with Crippen molar-refractivity contribution < 1.29 is 0 Å². The Labute approximate surface area is 107 Å². The number of hydrogen-bond donors (Lipinski definition) is 1. The first kappa shape index (κ1) is 13.4. The number of rotatable bonds is 5. The first-order valence-corrected chi connectivity index (χ1v) is 7.76. The number of hydrogen-bond acceptors (Lipinski definition) is 2. The van der Waals surface area contributed by atoms with Crippen molar-refractivity contribution in [1.82, 2.24) is 10.2 Å². The fourth-order valence-corrected chi connectivity index (χ4v) is 3.82. The van der Waals surface area contributed by atoms with Crippen molar-refractivity contribution >= 4 is 0 Å². The Morgan fingerprint density at radius 2 is 1.88 bits per heavy atom. The third kappa shape index (κ3) is 3.03. The van der Waals surface area contributed by atoms with Gasteiger partial charge < -0.3 is 5.32 Å². The molecular formula is C15H30N2. The second-order valence-corrected chi connectivity index (χ2v) is 6.03. The van der Waals surface area contributed by atoms with E-state index in [0.717, 1.165) is 5.92 Å². The minimum absolute atomic E-state index is 0.455. The molecule has 1 saturated heterocycles. The van der Waals surface area contributed by atoms with Crippen LogP contribution in [0.4, 0.5) is 0 Å². The molecule has 0 aromatic rings. The van der Waals surface area contributed by atoms with Crippen molar-refractivity contribution in [2.45, 2.75) is 64.3 Å². The van der Waals surface area contributed by atoms with E-state index in [-0.39, 0.29) is 0 Å². The van der Waals surface area contributed by atoms with Crippen molar-refractivity contribution in [1.29, 1.82) is 0 Å². The summed E-state index contributed by atoms with van der Waals surface area (Å²) >= 11 is 0. The molecule has 1 aliphatic heterocycles. The van der Waals surface area contributed by atoms with Gasteiger partial charge in [0.25, 0.3) is 0 Å². The quantitative estimate of drug-likeness (QED) is 0.792. The molecule has 0 spiro atoms. The van der Waals surface area contributed by atoms with Crippen LogP contribution in [0.5, 0.6) is 0 Å². The third-order valence-electron chi connectivity index (χ3n) is 5.28. The molecule has 1 saturated carbocycles. The van der Waals surface area contributed by atoms with Gasteiger partial charge in [-0.3, -0.25) is 4.90 Å². The van der Waals surface area contributed by atoms with Crippen LogP contribution in [0.1, 0.15) is 58.8 Å². The first-order chi connectivity index (χ1) is 8.30. The van der Waals surface area contributed by atoms with Crippen LogP contribution in [-0.2, 0) is 0 Å². The van der Waals surface area contributed by atoms with Crippen LogP contribution in [0.3, 0.4) is 0 Å². The summed E-state index contributed by atoms with van der Waals surface area (Å²) in [5.41, 5.74) is 0.455. The molecule has 1 N–H and O–H groups in total. The van der Waals surface area contributed by atoms with Gasteiger partial charge >= 0.3 is 0 Å². The lowest BCUT2D eigenvalue weighted by Crippen LogP contribution is -2.60. The van der Waals surface area contributed by atoms with E-state index in [2.05, 4.69) is 24.1 Å². The van der Waals surface area contributed by atoms with Crippen LogP contribution < -0.4 is 5.32 Å². The molecule has 2 rings (SSSR count). The maximum absolute atomic E-state index is 3.59. The average molecular weight is 238 g/mol. The molecule has 100 valence electrons. The molecule has 0 bridgehead atoms. The van der Waals surface area contributed by atoms with Gasteiger partial charge in [-0.2, -0.15) is 0 Å². The lowest BCUT2D eigenvalue weighted by molar-refractivity contribution is 0.0471. The minimum atomic E-state index is 0.455. The van der Waals surface area contributed by atoms with Crippen molar-refractivity contribution in [3.63, 3.8) is 0 Å². The summed E-state index contributed by atoms with van der Waals surface area (Å²) in [5, 5.41) is 3.59. The van der Waals surface area contributed by atoms with Gasteiger partial charge in [0, 0.05) is 25.2 Å². The number of piperazine rings is 1. The second kappa shape index (κ2) is 6.19. The summed E-state index contributed by atoms with van der Waals surface area (Å²) in [6.45, 7) is 9.71. The van der Waals surface area contributed by atoms with Gasteiger partial charge in [-0.05, 0) is 31.7 Å². The van der Waals surface area contributed by atoms with Crippen LogP contribution in [0.25, 0.3) is 0 Å². The molecule has 2 aliphatic rings. The van der Waals surface area contributed by atoms with Crippen LogP contribution in [0.2, 0.25) is 0 Å². The average Bonchev–Trinajstić information content (AvgIpc) is 2.90. The minimum Gasteiger partial charge on any atom is -0.314 e. The van der Waals surface area contributed by atoms with Gasteiger partial charge in [-0.15, -0.1) is 0 Å². The Hall–Kier alpha value is -0.0800.